The monoisotopic (exact) mass is 447 g/mol. The van der Waals surface area contributed by atoms with Crippen molar-refractivity contribution in [3.63, 3.8) is 0 Å². The molecule has 5 nitrogen and oxygen atoms in total. The van der Waals surface area contributed by atoms with Crippen molar-refractivity contribution in [2.24, 2.45) is 11.1 Å². The van der Waals surface area contributed by atoms with Crippen molar-refractivity contribution in [2.75, 3.05) is 0 Å². The summed E-state index contributed by atoms with van der Waals surface area (Å²) in [5.41, 5.74) is 8.69. The Kier molecular flexibility index (Phi) is 4.97. The summed E-state index contributed by atoms with van der Waals surface area (Å²) in [5, 5.41) is 4.43. The van der Waals surface area contributed by atoms with Gasteiger partial charge in [0.25, 0.3) is 5.91 Å². The summed E-state index contributed by atoms with van der Waals surface area (Å²) in [5.74, 6) is -0.387. The molecular weight excluding hydrogens is 422 g/mol. The number of nitrogens with zero attached hydrogens (tertiary/aromatic N) is 1. The number of amides is 2. The molecule has 3 aliphatic rings. The highest BCUT2D eigenvalue weighted by molar-refractivity contribution is 6.38. The number of pyridine rings is 1. The smallest absolute Gasteiger partial charge is 0.253 e. The lowest BCUT2D eigenvalue weighted by molar-refractivity contribution is -0.134. The highest BCUT2D eigenvalue weighted by Crippen LogP contribution is 2.52. The van der Waals surface area contributed by atoms with E-state index in [1.54, 1.807) is 0 Å². The fraction of sp³-hybridized carbons (Fsp3) is 0.346. The van der Waals surface area contributed by atoms with Crippen molar-refractivity contribution in [1.82, 2.24) is 10.3 Å². The largest absolute Gasteiger partial charge is 0.369 e. The van der Waals surface area contributed by atoms with E-state index < -0.39 is 5.41 Å². The number of benzene rings is 2. The molecule has 3 aliphatic carbocycles. The van der Waals surface area contributed by atoms with E-state index in [0.717, 1.165) is 60.6 Å². The van der Waals surface area contributed by atoms with Crippen molar-refractivity contribution in [3.05, 3.63) is 64.7 Å². The molecule has 0 atom stereocenters. The Morgan fingerprint density at radius 2 is 1.66 bits per heavy atom. The van der Waals surface area contributed by atoms with Crippen molar-refractivity contribution >= 4 is 34.3 Å². The van der Waals surface area contributed by atoms with Gasteiger partial charge >= 0.3 is 0 Å². The summed E-state index contributed by atoms with van der Waals surface area (Å²) >= 11 is 6.86. The third-order valence-electron chi connectivity index (χ3n) is 7.50. The molecular formula is C26H26ClN3O2. The maximum absolute atomic E-state index is 13.7. The molecule has 2 bridgehead atoms. The van der Waals surface area contributed by atoms with Crippen molar-refractivity contribution in [3.8, 4) is 11.3 Å². The minimum absolute atomic E-state index is 0.182. The van der Waals surface area contributed by atoms with Crippen LogP contribution >= 0.6 is 11.6 Å². The molecule has 1 heterocycles. The molecule has 2 amide bonds. The lowest BCUT2D eigenvalue weighted by Gasteiger charge is -2.52. The number of nitrogens with two attached hydrogens (primary N) is 1. The molecule has 3 saturated carbocycles. The van der Waals surface area contributed by atoms with Crippen LogP contribution in [-0.2, 0) is 4.79 Å². The molecule has 0 spiro atoms. The molecule has 3 N–H and O–H groups in total. The molecule has 0 saturated heterocycles. The molecule has 2 aromatic carbocycles. The zero-order chi connectivity index (χ0) is 22.5. The SMILES string of the molecule is Cc1ccc2nc(-c3ccccc3)c(Cl)c(C(=O)NC34CCC(C(N)=O)(CC3)CC4)c2c1. The summed E-state index contributed by atoms with van der Waals surface area (Å²) in [7, 11) is 0. The number of primary amides is 1. The standard InChI is InChI=1S/C26H26ClN3O2/c1-16-7-8-19-18(15-16)20(21(27)22(29-19)17-5-3-2-4-6-17)23(31)30-26-12-9-25(10-13-26,11-14-26)24(28)32/h2-8,15H,9-14H2,1H3,(H2,28,32)(H,30,31). The van der Waals surface area contributed by atoms with Gasteiger partial charge in [-0.3, -0.25) is 9.59 Å². The van der Waals surface area contributed by atoms with E-state index in [1.165, 1.54) is 0 Å². The van der Waals surface area contributed by atoms with E-state index >= 15 is 0 Å². The predicted molar refractivity (Wildman–Crippen MR) is 126 cm³/mol. The van der Waals surface area contributed by atoms with Gasteiger partial charge in [-0.15, -0.1) is 0 Å². The maximum Gasteiger partial charge on any atom is 0.253 e. The van der Waals surface area contributed by atoms with Gasteiger partial charge in [-0.2, -0.15) is 0 Å². The minimum Gasteiger partial charge on any atom is -0.369 e. The number of hydrogen-bond donors (Lipinski definition) is 2. The summed E-state index contributed by atoms with van der Waals surface area (Å²) < 4.78 is 0. The van der Waals surface area contributed by atoms with Crippen LogP contribution in [0, 0.1) is 12.3 Å². The molecule has 6 rings (SSSR count). The third-order valence-corrected chi connectivity index (χ3v) is 7.87. The highest BCUT2D eigenvalue weighted by Gasteiger charge is 2.52. The zero-order valence-electron chi connectivity index (χ0n) is 18.1. The quantitative estimate of drug-likeness (QED) is 0.578. The van der Waals surface area contributed by atoms with Gasteiger partial charge in [0, 0.05) is 21.9 Å². The predicted octanol–water partition coefficient (Wildman–Crippen LogP) is 5.17. The Morgan fingerprint density at radius 3 is 2.28 bits per heavy atom. The van der Waals surface area contributed by atoms with E-state index in [1.807, 2.05) is 55.5 Å². The van der Waals surface area contributed by atoms with Gasteiger partial charge in [-0.25, -0.2) is 4.98 Å². The lowest BCUT2D eigenvalue weighted by Crippen LogP contribution is -2.59. The van der Waals surface area contributed by atoms with Gasteiger partial charge in [0.1, 0.15) is 0 Å². The first kappa shape index (κ1) is 21.0. The third kappa shape index (κ3) is 3.36. The van der Waals surface area contributed by atoms with Crippen LogP contribution in [0.5, 0.6) is 0 Å². The number of hydrogen-bond acceptors (Lipinski definition) is 3. The van der Waals surface area contributed by atoms with Gasteiger partial charge in [-0.05, 0) is 57.6 Å². The van der Waals surface area contributed by atoms with E-state index in [0.29, 0.717) is 16.3 Å². The summed E-state index contributed by atoms with van der Waals surface area (Å²) in [4.78, 5) is 30.5. The fourth-order valence-corrected chi connectivity index (χ4v) is 5.75. The van der Waals surface area contributed by atoms with Crippen LogP contribution in [0.15, 0.2) is 48.5 Å². The van der Waals surface area contributed by atoms with E-state index in [9.17, 15) is 9.59 Å². The van der Waals surface area contributed by atoms with Gasteiger partial charge in [-0.1, -0.05) is 53.6 Å². The molecule has 0 unspecified atom stereocenters. The Balaban J connectivity index is 1.56. The highest BCUT2D eigenvalue weighted by atomic mass is 35.5. The first-order valence-corrected chi connectivity index (χ1v) is 11.5. The first-order valence-electron chi connectivity index (χ1n) is 11.1. The second kappa shape index (κ2) is 7.59. The van der Waals surface area contributed by atoms with Crippen LogP contribution in [-0.4, -0.2) is 22.3 Å². The van der Waals surface area contributed by atoms with Gasteiger partial charge in [0.05, 0.1) is 21.8 Å². The summed E-state index contributed by atoms with van der Waals surface area (Å²) in [6.07, 6.45) is 4.44. The average Bonchev–Trinajstić information content (AvgIpc) is 2.80. The zero-order valence-corrected chi connectivity index (χ0v) is 18.8. The van der Waals surface area contributed by atoms with Crippen molar-refractivity contribution in [1.29, 1.82) is 0 Å². The number of rotatable bonds is 4. The van der Waals surface area contributed by atoms with E-state index in [4.69, 9.17) is 22.3 Å². The molecule has 164 valence electrons. The summed E-state index contributed by atoms with van der Waals surface area (Å²) in [6, 6.07) is 15.6. The maximum atomic E-state index is 13.7. The van der Waals surface area contributed by atoms with Crippen LogP contribution in [0.3, 0.4) is 0 Å². The Morgan fingerprint density at radius 1 is 1.00 bits per heavy atom. The normalized spacial score (nSPS) is 24.4. The van der Waals surface area contributed by atoms with E-state index in [-0.39, 0.29) is 17.4 Å². The molecule has 0 aliphatic heterocycles. The molecule has 3 aromatic rings. The number of aromatic nitrogens is 1. The van der Waals surface area contributed by atoms with Crippen LogP contribution in [0.2, 0.25) is 5.02 Å². The molecule has 3 fully saturated rings. The van der Waals surface area contributed by atoms with Gasteiger partial charge in [0.15, 0.2) is 0 Å². The number of halogens is 1. The summed E-state index contributed by atoms with van der Waals surface area (Å²) in [6.45, 7) is 1.99. The Labute approximate surface area is 192 Å². The van der Waals surface area contributed by atoms with Crippen LogP contribution < -0.4 is 11.1 Å². The number of nitrogens with one attached hydrogen (secondary N) is 1. The number of carbonyl (C=O) groups is 2. The Bertz CT molecular complexity index is 1210. The number of carbonyl (C=O) groups excluding carboxylic acids is 2. The number of aryl methyl sites for hydroxylation is 1. The van der Waals surface area contributed by atoms with Gasteiger partial charge in [0.2, 0.25) is 5.91 Å². The first-order chi connectivity index (χ1) is 15.3. The second-order valence-corrected chi connectivity index (χ2v) is 9.79. The van der Waals surface area contributed by atoms with Crippen LogP contribution in [0.4, 0.5) is 0 Å². The van der Waals surface area contributed by atoms with E-state index in [2.05, 4.69) is 5.32 Å². The van der Waals surface area contributed by atoms with Crippen LogP contribution in [0.1, 0.15) is 54.4 Å². The minimum atomic E-state index is -0.398. The lowest BCUT2D eigenvalue weighted by atomic mass is 9.57. The number of fused-ring (bicyclic) bond motifs is 4. The molecule has 0 radical (unpaired) electrons. The molecule has 32 heavy (non-hydrogen) atoms. The van der Waals surface area contributed by atoms with Crippen molar-refractivity contribution < 1.29 is 9.59 Å². The molecule has 6 heteroatoms. The second-order valence-electron chi connectivity index (χ2n) is 9.42. The van der Waals surface area contributed by atoms with Crippen molar-refractivity contribution in [2.45, 2.75) is 51.0 Å². The fourth-order valence-electron chi connectivity index (χ4n) is 5.41. The average molecular weight is 448 g/mol. The topological polar surface area (TPSA) is 85.1 Å². The van der Waals surface area contributed by atoms with Gasteiger partial charge < -0.3 is 11.1 Å². The molecule has 1 aromatic heterocycles. The Hall–Kier alpha value is -2.92. The van der Waals surface area contributed by atoms with Crippen LogP contribution in [0.25, 0.3) is 22.2 Å².